The van der Waals surface area contributed by atoms with Crippen molar-refractivity contribution in [2.75, 3.05) is 58.9 Å². The maximum absolute atomic E-state index is 12.9. The number of ether oxygens (including phenoxy) is 2. The van der Waals surface area contributed by atoms with Crippen LogP contribution in [0.2, 0.25) is 0 Å². The lowest BCUT2D eigenvalue weighted by Gasteiger charge is -2.29. The van der Waals surface area contributed by atoms with Gasteiger partial charge in [0.25, 0.3) is 0 Å². The molecule has 2 aliphatic rings. The Balaban J connectivity index is 1.82. The molecular formula is C18H27N3O5S. The summed E-state index contributed by atoms with van der Waals surface area (Å²) in [6.45, 7) is 3.09. The zero-order chi connectivity index (χ0) is 19.4. The molecule has 2 fully saturated rings. The molecule has 0 bridgehead atoms. The Morgan fingerprint density at radius 3 is 2.67 bits per heavy atom. The molecule has 1 aromatic rings. The number of piperidine rings is 1. The van der Waals surface area contributed by atoms with Gasteiger partial charge < -0.3 is 19.7 Å². The molecule has 0 unspecified atom stereocenters. The number of anilines is 1. The highest BCUT2D eigenvalue weighted by Crippen LogP contribution is 2.30. The molecule has 0 aromatic heterocycles. The van der Waals surface area contributed by atoms with Crippen LogP contribution >= 0.6 is 0 Å². The zero-order valence-electron chi connectivity index (χ0n) is 15.8. The summed E-state index contributed by atoms with van der Waals surface area (Å²) in [4.78, 5) is 14.9. The molecule has 0 spiro atoms. The van der Waals surface area contributed by atoms with Crippen LogP contribution in [0, 0.1) is 5.92 Å². The second-order valence-electron chi connectivity index (χ2n) is 6.97. The van der Waals surface area contributed by atoms with Crippen molar-refractivity contribution >= 4 is 21.6 Å². The van der Waals surface area contributed by atoms with Gasteiger partial charge in [-0.05, 0) is 44.6 Å². The first-order valence-corrected chi connectivity index (χ1v) is 10.6. The van der Waals surface area contributed by atoms with Crippen molar-refractivity contribution < 1.29 is 22.7 Å². The zero-order valence-corrected chi connectivity index (χ0v) is 16.6. The molecule has 1 atom stereocenters. The minimum atomic E-state index is -3.64. The fourth-order valence-corrected chi connectivity index (χ4v) is 4.93. The van der Waals surface area contributed by atoms with E-state index in [4.69, 9.17) is 9.47 Å². The van der Waals surface area contributed by atoms with Gasteiger partial charge in [0.2, 0.25) is 15.9 Å². The van der Waals surface area contributed by atoms with E-state index in [2.05, 4.69) is 10.2 Å². The Hall–Kier alpha value is -1.68. The Labute approximate surface area is 160 Å². The molecule has 0 aliphatic carbocycles. The van der Waals surface area contributed by atoms with Gasteiger partial charge in [-0.2, -0.15) is 4.31 Å². The second-order valence-corrected chi connectivity index (χ2v) is 8.91. The lowest BCUT2D eigenvalue weighted by molar-refractivity contribution is -0.121. The molecule has 8 nitrogen and oxygen atoms in total. The van der Waals surface area contributed by atoms with E-state index in [0.717, 1.165) is 19.4 Å². The van der Waals surface area contributed by atoms with Crippen molar-refractivity contribution in [3.05, 3.63) is 18.2 Å². The van der Waals surface area contributed by atoms with Crippen molar-refractivity contribution in [2.24, 2.45) is 5.92 Å². The summed E-state index contributed by atoms with van der Waals surface area (Å²) in [7, 11) is -0.150. The number of morpholine rings is 1. The highest BCUT2D eigenvalue weighted by atomic mass is 32.2. The third kappa shape index (κ3) is 4.60. The molecule has 150 valence electrons. The first kappa shape index (κ1) is 20.1. The molecule has 2 aliphatic heterocycles. The largest absolute Gasteiger partial charge is 0.495 e. The first-order chi connectivity index (χ1) is 12.9. The van der Waals surface area contributed by atoms with Gasteiger partial charge >= 0.3 is 0 Å². The lowest BCUT2D eigenvalue weighted by Crippen LogP contribution is -2.40. The third-order valence-electron chi connectivity index (χ3n) is 5.03. The van der Waals surface area contributed by atoms with E-state index in [9.17, 15) is 13.2 Å². The first-order valence-electron chi connectivity index (χ1n) is 9.17. The minimum Gasteiger partial charge on any atom is -0.495 e. The summed E-state index contributed by atoms with van der Waals surface area (Å²) in [5.74, 6) is 0.210. The summed E-state index contributed by atoms with van der Waals surface area (Å²) < 4.78 is 37.7. The summed E-state index contributed by atoms with van der Waals surface area (Å²) in [6, 6.07) is 4.57. The molecular weight excluding hydrogens is 370 g/mol. The maximum Gasteiger partial charge on any atom is 0.243 e. The van der Waals surface area contributed by atoms with Crippen molar-refractivity contribution in [1.82, 2.24) is 9.21 Å². The number of methoxy groups -OCH3 is 1. The molecule has 0 radical (unpaired) electrons. The topological polar surface area (TPSA) is 88.2 Å². The molecule has 1 N–H and O–H groups in total. The van der Waals surface area contributed by atoms with E-state index in [1.165, 1.54) is 23.5 Å². The number of benzene rings is 1. The van der Waals surface area contributed by atoms with E-state index in [-0.39, 0.29) is 16.7 Å². The molecule has 9 heteroatoms. The van der Waals surface area contributed by atoms with Gasteiger partial charge in [-0.1, -0.05) is 0 Å². The van der Waals surface area contributed by atoms with Crippen LogP contribution in [0.25, 0.3) is 0 Å². The van der Waals surface area contributed by atoms with Gasteiger partial charge in [0.1, 0.15) is 5.75 Å². The van der Waals surface area contributed by atoms with Gasteiger partial charge in [-0.15, -0.1) is 0 Å². The average molecular weight is 397 g/mol. The van der Waals surface area contributed by atoms with Crippen molar-refractivity contribution in [3.63, 3.8) is 0 Å². The number of carbonyl (C=O) groups excluding carboxylic acids is 1. The number of hydrogen-bond donors (Lipinski definition) is 1. The standard InChI is InChI=1S/C18H27N3O5S/c1-20-7-3-4-14(13-20)18(22)19-16-12-15(5-6-17(16)25-2)27(23,24)21-8-10-26-11-9-21/h5-6,12,14H,3-4,7-11,13H2,1-2H3,(H,19,22)/t14-/m1/s1. The fraction of sp³-hybridized carbons (Fsp3) is 0.611. The van der Waals surface area contributed by atoms with Gasteiger partial charge in [0.15, 0.2) is 0 Å². The number of hydrogen-bond acceptors (Lipinski definition) is 6. The monoisotopic (exact) mass is 397 g/mol. The van der Waals surface area contributed by atoms with Crippen molar-refractivity contribution in [1.29, 1.82) is 0 Å². The molecule has 2 saturated heterocycles. The predicted molar refractivity (Wildman–Crippen MR) is 101 cm³/mol. The number of amides is 1. The predicted octanol–water partition coefficient (Wildman–Crippen LogP) is 0.996. The van der Waals surface area contributed by atoms with Gasteiger partial charge in [0, 0.05) is 19.6 Å². The quantitative estimate of drug-likeness (QED) is 0.797. The van der Waals surface area contributed by atoms with Crippen LogP contribution in [-0.2, 0) is 19.6 Å². The smallest absolute Gasteiger partial charge is 0.243 e. The molecule has 1 aromatic carbocycles. The third-order valence-corrected chi connectivity index (χ3v) is 6.93. The van der Waals surface area contributed by atoms with Crippen LogP contribution in [0.15, 0.2) is 23.1 Å². The van der Waals surface area contributed by atoms with Crippen molar-refractivity contribution in [2.45, 2.75) is 17.7 Å². The van der Waals surface area contributed by atoms with E-state index in [1.807, 2.05) is 7.05 Å². The van der Waals surface area contributed by atoms with Crippen LogP contribution in [0.3, 0.4) is 0 Å². The number of likely N-dealkylation sites (tertiary alicyclic amines) is 1. The number of nitrogens with one attached hydrogen (secondary N) is 1. The van der Waals surface area contributed by atoms with E-state index in [0.29, 0.717) is 44.3 Å². The summed E-state index contributed by atoms with van der Waals surface area (Å²) in [5, 5.41) is 2.87. The van der Waals surface area contributed by atoms with Gasteiger partial charge in [-0.3, -0.25) is 4.79 Å². The SMILES string of the molecule is COc1ccc(S(=O)(=O)N2CCOCC2)cc1NC(=O)[C@@H]1CCCN(C)C1. The molecule has 3 rings (SSSR count). The molecule has 27 heavy (non-hydrogen) atoms. The van der Waals surface area contributed by atoms with Crippen LogP contribution in [-0.4, -0.2) is 77.1 Å². The fourth-order valence-electron chi connectivity index (χ4n) is 3.50. The highest BCUT2D eigenvalue weighted by Gasteiger charge is 2.28. The minimum absolute atomic E-state index is 0.110. The Morgan fingerprint density at radius 2 is 2.00 bits per heavy atom. The Morgan fingerprint density at radius 1 is 1.26 bits per heavy atom. The molecule has 1 amide bonds. The van der Waals surface area contributed by atoms with Crippen LogP contribution in [0.5, 0.6) is 5.75 Å². The second kappa shape index (κ2) is 8.55. The van der Waals surface area contributed by atoms with Crippen LogP contribution in [0.4, 0.5) is 5.69 Å². The highest BCUT2D eigenvalue weighted by molar-refractivity contribution is 7.89. The molecule has 2 heterocycles. The van der Waals surface area contributed by atoms with Gasteiger partial charge in [0.05, 0.1) is 36.8 Å². The van der Waals surface area contributed by atoms with E-state index < -0.39 is 10.0 Å². The maximum atomic E-state index is 12.9. The lowest BCUT2D eigenvalue weighted by atomic mass is 9.97. The van der Waals surface area contributed by atoms with Crippen LogP contribution < -0.4 is 10.1 Å². The number of rotatable bonds is 5. The van der Waals surface area contributed by atoms with E-state index in [1.54, 1.807) is 6.07 Å². The number of carbonyl (C=O) groups is 1. The number of nitrogens with zero attached hydrogens (tertiary/aromatic N) is 2. The van der Waals surface area contributed by atoms with E-state index >= 15 is 0 Å². The average Bonchev–Trinajstić information content (AvgIpc) is 2.68. The number of sulfonamides is 1. The summed E-state index contributed by atoms with van der Waals surface area (Å²) in [6.07, 6.45) is 1.79. The normalized spacial score (nSPS) is 22.4. The van der Waals surface area contributed by atoms with Crippen LogP contribution in [0.1, 0.15) is 12.8 Å². The molecule has 0 saturated carbocycles. The summed E-state index contributed by atoms with van der Waals surface area (Å²) in [5.41, 5.74) is 0.380. The van der Waals surface area contributed by atoms with Crippen molar-refractivity contribution in [3.8, 4) is 5.75 Å². The van der Waals surface area contributed by atoms with Gasteiger partial charge in [-0.25, -0.2) is 8.42 Å². The summed E-state index contributed by atoms with van der Waals surface area (Å²) >= 11 is 0. The Bertz CT molecular complexity index is 777. The Kier molecular flexibility index (Phi) is 6.36.